The lowest BCUT2D eigenvalue weighted by atomic mass is 10.1. The number of nitrogen functional groups attached to an aromatic ring is 1. The molecule has 0 radical (unpaired) electrons. The summed E-state index contributed by atoms with van der Waals surface area (Å²) in [6.45, 7) is 10.1. The largest absolute Gasteiger partial charge is 0.465 e. The molecule has 1 fully saturated rings. The predicted molar refractivity (Wildman–Crippen MR) is 138 cm³/mol. The number of halogens is 1. The van der Waals surface area contributed by atoms with E-state index in [0.29, 0.717) is 18.8 Å². The summed E-state index contributed by atoms with van der Waals surface area (Å²) < 4.78 is 48.0. The number of anilines is 1. The molecule has 2 heterocycles. The fourth-order valence-corrected chi connectivity index (χ4v) is 6.86. The normalized spacial score (nSPS) is 20.0. The Morgan fingerprint density at radius 2 is 2.00 bits per heavy atom. The van der Waals surface area contributed by atoms with Gasteiger partial charge in [-0.05, 0) is 33.6 Å². The van der Waals surface area contributed by atoms with Gasteiger partial charge in [0, 0.05) is 18.8 Å². The van der Waals surface area contributed by atoms with Crippen LogP contribution in [0.4, 0.5) is 10.2 Å². The SMILES string of the molecule is CCCCN(CCCC)P(=O)(NC(C)(C)C(=O)OCC)OC[C@@H]1O[C@H](n2cc(F)c(N)nc2=O)CS1. The van der Waals surface area contributed by atoms with Crippen LogP contribution in [0, 0.1) is 5.82 Å². The van der Waals surface area contributed by atoms with E-state index in [0.717, 1.165) is 36.4 Å². The molecule has 1 aliphatic rings. The smallest absolute Gasteiger partial charge is 0.351 e. The van der Waals surface area contributed by atoms with Gasteiger partial charge in [0.2, 0.25) is 0 Å². The molecule has 1 aromatic heterocycles. The van der Waals surface area contributed by atoms with Gasteiger partial charge in [0.1, 0.15) is 17.2 Å². The molecule has 206 valence electrons. The van der Waals surface area contributed by atoms with Crippen molar-refractivity contribution < 1.29 is 27.7 Å². The van der Waals surface area contributed by atoms with E-state index in [1.807, 2.05) is 13.8 Å². The van der Waals surface area contributed by atoms with Gasteiger partial charge in [0.15, 0.2) is 11.6 Å². The monoisotopic (exact) mass is 551 g/mol. The van der Waals surface area contributed by atoms with Crippen LogP contribution in [0.5, 0.6) is 0 Å². The lowest BCUT2D eigenvalue weighted by Crippen LogP contribution is -2.49. The Labute approximate surface area is 216 Å². The van der Waals surface area contributed by atoms with Crippen molar-refractivity contribution in [3.05, 3.63) is 22.5 Å². The van der Waals surface area contributed by atoms with Gasteiger partial charge in [-0.1, -0.05) is 26.7 Å². The maximum atomic E-state index is 14.3. The van der Waals surface area contributed by atoms with E-state index >= 15 is 0 Å². The lowest BCUT2D eigenvalue weighted by Gasteiger charge is -2.36. The Kier molecular flexibility index (Phi) is 11.8. The number of unbranched alkanes of at least 4 members (excludes halogenated alkanes) is 2. The van der Waals surface area contributed by atoms with Crippen molar-refractivity contribution in [3.63, 3.8) is 0 Å². The van der Waals surface area contributed by atoms with Crippen LogP contribution in [-0.4, -0.2) is 63.2 Å². The number of aromatic nitrogens is 2. The fraction of sp³-hybridized carbons (Fsp3) is 0.773. The number of thioether (sulfide) groups is 1. The van der Waals surface area contributed by atoms with Crippen molar-refractivity contribution in [1.29, 1.82) is 0 Å². The van der Waals surface area contributed by atoms with Gasteiger partial charge < -0.3 is 19.7 Å². The highest BCUT2D eigenvalue weighted by Crippen LogP contribution is 2.50. The summed E-state index contributed by atoms with van der Waals surface area (Å²) in [5.74, 6) is -1.50. The van der Waals surface area contributed by atoms with E-state index < -0.39 is 48.2 Å². The second-order valence-electron chi connectivity index (χ2n) is 8.95. The van der Waals surface area contributed by atoms with Gasteiger partial charge in [-0.2, -0.15) is 4.98 Å². The minimum Gasteiger partial charge on any atom is -0.465 e. The minimum atomic E-state index is -3.72. The Hall–Kier alpha value is -1.50. The molecule has 0 aliphatic carbocycles. The zero-order chi connectivity index (χ0) is 26.9. The van der Waals surface area contributed by atoms with Crippen molar-refractivity contribution in [3.8, 4) is 0 Å². The van der Waals surface area contributed by atoms with Gasteiger partial charge in [-0.25, -0.2) is 18.9 Å². The van der Waals surface area contributed by atoms with E-state index in [1.165, 1.54) is 11.8 Å². The molecule has 36 heavy (non-hydrogen) atoms. The van der Waals surface area contributed by atoms with Gasteiger partial charge in [0.25, 0.3) is 0 Å². The number of nitrogens with two attached hydrogens (primary N) is 1. The summed E-state index contributed by atoms with van der Waals surface area (Å²) in [7, 11) is -3.72. The third-order valence-electron chi connectivity index (χ3n) is 5.48. The maximum Gasteiger partial charge on any atom is 0.351 e. The summed E-state index contributed by atoms with van der Waals surface area (Å²) in [5, 5.41) is 2.95. The standard InChI is InChI=1S/C22H39FN5O6PS/c1-6-9-11-27(12-10-7-2)35(31,26-22(4,5)20(29)32-8-3)33-14-18-34-17(15-36-18)28-13-16(23)19(24)25-21(28)30/h13,17-18H,6-12,14-15H2,1-5H3,(H,26,31)(H2,24,25,30)/t17-,18+,35?/m0/s1. The number of rotatable bonds is 15. The average Bonchev–Trinajstić information content (AvgIpc) is 3.29. The van der Waals surface area contributed by atoms with Crippen molar-refractivity contribution >= 4 is 31.2 Å². The molecule has 0 amide bonds. The zero-order valence-electron chi connectivity index (χ0n) is 21.7. The number of esters is 1. The van der Waals surface area contributed by atoms with E-state index in [4.69, 9.17) is 19.7 Å². The van der Waals surface area contributed by atoms with Crippen LogP contribution in [0.1, 0.15) is 66.5 Å². The lowest BCUT2D eigenvalue weighted by molar-refractivity contribution is -0.149. The van der Waals surface area contributed by atoms with Crippen LogP contribution in [0.3, 0.4) is 0 Å². The predicted octanol–water partition coefficient (Wildman–Crippen LogP) is 3.51. The third-order valence-corrected chi connectivity index (χ3v) is 9.06. The fourth-order valence-electron chi connectivity index (χ4n) is 3.45. The molecule has 0 saturated carbocycles. The van der Waals surface area contributed by atoms with Crippen LogP contribution in [-0.2, 0) is 23.4 Å². The number of carbonyl (C=O) groups excluding carboxylic acids is 1. The number of carbonyl (C=O) groups is 1. The molecule has 1 aromatic rings. The van der Waals surface area contributed by atoms with Crippen LogP contribution in [0.25, 0.3) is 0 Å². The molecule has 1 unspecified atom stereocenters. The van der Waals surface area contributed by atoms with E-state index in [1.54, 1.807) is 25.4 Å². The summed E-state index contributed by atoms with van der Waals surface area (Å²) in [6, 6.07) is 0. The van der Waals surface area contributed by atoms with Gasteiger partial charge in [0.05, 0.1) is 19.4 Å². The van der Waals surface area contributed by atoms with Crippen molar-refractivity contribution in [2.24, 2.45) is 0 Å². The van der Waals surface area contributed by atoms with Gasteiger partial charge in [-0.15, -0.1) is 11.8 Å². The zero-order valence-corrected chi connectivity index (χ0v) is 23.4. The molecular weight excluding hydrogens is 512 g/mol. The summed E-state index contributed by atoms with van der Waals surface area (Å²) in [6.07, 6.45) is 3.58. The molecular formula is C22H39FN5O6PS. The molecule has 14 heteroatoms. The molecule has 2 rings (SSSR count). The second-order valence-corrected chi connectivity index (χ2v) is 12.2. The highest BCUT2D eigenvalue weighted by Gasteiger charge is 2.42. The maximum absolute atomic E-state index is 14.3. The summed E-state index contributed by atoms with van der Waals surface area (Å²) in [4.78, 5) is 28.2. The van der Waals surface area contributed by atoms with E-state index in [-0.39, 0.29) is 13.2 Å². The molecule has 0 spiro atoms. The molecule has 3 atom stereocenters. The molecule has 1 aliphatic heterocycles. The van der Waals surface area contributed by atoms with Crippen molar-refractivity contribution in [2.45, 2.75) is 77.5 Å². The average molecular weight is 552 g/mol. The van der Waals surface area contributed by atoms with E-state index in [9.17, 15) is 18.5 Å². The topological polar surface area (TPSA) is 138 Å². The Morgan fingerprint density at radius 3 is 2.58 bits per heavy atom. The first-order valence-corrected chi connectivity index (χ1v) is 14.9. The first-order valence-electron chi connectivity index (χ1n) is 12.2. The third kappa shape index (κ3) is 8.26. The number of hydrogen-bond donors (Lipinski definition) is 2. The van der Waals surface area contributed by atoms with Crippen LogP contribution in [0.15, 0.2) is 11.0 Å². The second kappa shape index (κ2) is 13.9. The first kappa shape index (κ1) is 30.7. The van der Waals surface area contributed by atoms with Crippen molar-refractivity contribution in [2.75, 3.05) is 37.8 Å². The number of ether oxygens (including phenoxy) is 2. The molecule has 1 saturated heterocycles. The quantitative estimate of drug-likeness (QED) is 0.245. The van der Waals surface area contributed by atoms with E-state index in [2.05, 4.69) is 10.1 Å². The van der Waals surface area contributed by atoms with Crippen LogP contribution in [0.2, 0.25) is 0 Å². The Morgan fingerprint density at radius 1 is 1.36 bits per heavy atom. The minimum absolute atomic E-state index is 0.0846. The van der Waals surface area contributed by atoms with Gasteiger partial charge >= 0.3 is 19.3 Å². The molecule has 11 nitrogen and oxygen atoms in total. The summed E-state index contributed by atoms with van der Waals surface area (Å²) in [5.41, 5.74) is 2.78. The number of nitrogens with one attached hydrogen (secondary N) is 1. The van der Waals surface area contributed by atoms with Crippen LogP contribution < -0.4 is 16.5 Å². The molecule has 0 bridgehead atoms. The highest BCUT2D eigenvalue weighted by atomic mass is 32.2. The van der Waals surface area contributed by atoms with Crippen molar-refractivity contribution in [1.82, 2.24) is 19.3 Å². The molecule has 3 N–H and O–H groups in total. The van der Waals surface area contributed by atoms with Gasteiger partial charge in [-0.3, -0.25) is 13.9 Å². The number of hydrogen-bond acceptors (Lipinski definition) is 9. The Balaban J connectivity index is 2.20. The van der Waals surface area contributed by atoms with Crippen LogP contribution >= 0.6 is 19.4 Å². The Bertz CT molecular complexity index is 973. The summed E-state index contributed by atoms with van der Waals surface area (Å²) >= 11 is 1.34. The molecule has 0 aromatic carbocycles. The number of nitrogens with zero attached hydrogens (tertiary/aromatic N) is 3. The highest BCUT2D eigenvalue weighted by molar-refractivity contribution is 8.00. The first-order chi connectivity index (χ1) is 17.0.